The predicted molar refractivity (Wildman–Crippen MR) is 230 cm³/mol. The molecule has 6 nitrogen and oxygen atoms in total. The van der Waals surface area contributed by atoms with Crippen LogP contribution in [0.4, 0.5) is 5.69 Å². The molecule has 0 fully saturated rings. The van der Waals surface area contributed by atoms with Gasteiger partial charge in [0.05, 0.1) is 5.92 Å². The van der Waals surface area contributed by atoms with Crippen LogP contribution in [0.15, 0.2) is 183 Å². The fourth-order valence-corrected chi connectivity index (χ4v) is 10.2. The molecule has 5 aliphatic carbocycles. The number of allylic oxidation sites excluding steroid dienone is 11. The average molecular weight is 743 g/mol. The SMILES string of the molecule is C1=CC[C@H](C2=NC(C3C=CC(c4ccccc4)=CC3)NC(C3=CC=CC4Oc5ccc(N6C7=C(C=CCC7)C7C=Cc8c(oc9ccccc89)C76)cc5C34)=N2)C=C1. The van der Waals surface area contributed by atoms with Crippen LogP contribution in [0, 0.1) is 17.8 Å². The largest absolute Gasteiger partial charge is 0.485 e. The molecule has 12 rings (SSSR count). The van der Waals surface area contributed by atoms with E-state index in [1.165, 1.54) is 44.6 Å². The molecule has 3 aliphatic heterocycles. The summed E-state index contributed by atoms with van der Waals surface area (Å²) in [7, 11) is 0. The molecular weight excluding hydrogens is 701 g/mol. The molecule has 0 amide bonds. The van der Waals surface area contributed by atoms with Gasteiger partial charge in [0.1, 0.15) is 47.1 Å². The highest BCUT2D eigenvalue weighted by molar-refractivity contribution is 6.10. The average Bonchev–Trinajstić information content (AvgIpc) is 3.96. The van der Waals surface area contributed by atoms with Crippen LogP contribution in [-0.2, 0) is 0 Å². The molecule has 4 heterocycles. The molecule has 8 aliphatic rings. The summed E-state index contributed by atoms with van der Waals surface area (Å²) in [5.41, 5.74) is 11.0. The van der Waals surface area contributed by atoms with Gasteiger partial charge in [-0.2, -0.15) is 0 Å². The van der Waals surface area contributed by atoms with Gasteiger partial charge in [0.2, 0.25) is 0 Å². The van der Waals surface area contributed by atoms with Crippen LogP contribution < -0.4 is 15.0 Å². The second kappa shape index (κ2) is 13.1. The molecule has 1 aromatic heterocycles. The summed E-state index contributed by atoms with van der Waals surface area (Å²) in [6.45, 7) is 0. The van der Waals surface area contributed by atoms with Gasteiger partial charge in [-0.1, -0.05) is 128 Å². The van der Waals surface area contributed by atoms with Crippen LogP contribution in [0.5, 0.6) is 5.75 Å². The third kappa shape index (κ3) is 5.30. The smallest absolute Gasteiger partial charge is 0.136 e. The van der Waals surface area contributed by atoms with Crippen LogP contribution in [0.3, 0.4) is 0 Å². The molecule has 0 radical (unpaired) electrons. The zero-order valence-electron chi connectivity index (χ0n) is 31.5. The number of benzene rings is 3. The number of fused-ring (bicyclic) bond motifs is 9. The maximum atomic E-state index is 6.75. The van der Waals surface area contributed by atoms with Gasteiger partial charge in [0, 0.05) is 51.2 Å². The van der Waals surface area contributed by atoms with Crippen LogP contribution in [-0.4, -0.2) is 23.9 Å². The van der Waals surface area contributed by atoms with E-state index in [4.69, 9.17) is 19.1 Å². The van der Waals surface area contributed by atoms with Gasteiger partial charge in [-0.05, 0) is 72.7 Å². The van der Waals surface area contributed by atoms with Crippen LogP contribution in [0.25, 0.3) is 22.6 Å². The molecule has 278 valence electrons. The molecule has 57 heavy (non-hydrogen) atoms. The molecule has 6 heteroatoms. The van der Waals surface area contributed by atoms with Crippen molar-refractivity contribution >= 4 is 40.0 Å². The number of para-hydroxylation sites is 1. The highest BCUT2D eigenvalue weighted by atomic mass is 16.5. The second-order valence-electron chi connectivity index (χ2n) is 16.2. The molecule has 0 saturated heterocycles. The van der Waals surface area contributed by atoms with Gasteiger partial charge in [-0.25, -0.2) is 9.98 Å². The quantitative estimate of drug-likeness (QED) is 0.221. The van der Waals surface area contributed by atoms with Gasteiger partial charge < -0.3 is 19.4 Å². The number of nitrogens with one attached hydrogen (secondary N) is 1. The summed E-state index contributed by atoms with van der Waals surface area (Å²) in [6.07, 6.45) is 35.2. The predicted octanol–water partition coefficient (Wildman–Crippen LogP) is 11.1. The number of nitrogens with zero attached hydrogens (tertiary/aromatic N) is 3. The summed E-state index contributed by atoms with van der Waals surface area (Å²) in [5.74, 6) is 4.30. The first kappa shape index (κ1) is 32.8. The Bertz CT molecular complexity index is 2690. The summed E-state index contributed by atoms with van der Waals surface area (Å²) in [6, 6.07) is 25.9. The van der Waals surface area contributed by atoms with E-state index in [0.29, 0.717) is 0 Å². The summed E-state index contributed by atoms with van der Waals surface area (Å²) in [5, 5.41) is 5.04. The van der Waals surface area contributed by atoms with Crippen LogP contribution in [0.2, 0.25) is 0 Å². The van der Waals surface area contributed by atoms with Crippen molar-refractivity contribution in [2.45, 2.75) is 49.9 Å². The Labute approximate surface area is 332 Å². The normalized spacial score (nSPS) is 28.8. The molecule has 3 aromatic carbocycles. The fourth-order valence-electron chi connectivity index (χ4n) is 10.2. The third-order valence-electron chi connectivity index (χ3n) is 13.0. The minimum atomic E-state index is -0.140. The Balaban J connectivity index is 0.908. The van der Waals surface area contributed by atoms with Crippen molar-refractivity contribution in [1.29, 1.82) is 0 Å². The standard InChI is InChI=1S/C51H42N4O2/c1-3-12-31(13-4-1)32-22-24-34(25-23-32)50-52-49(33-14-5-2-6-15-33)53-51(54-50)40-18-11-21-45-46(40)41-30-35(26-29-44(41)56-45)55-42-19-9-7-16-36(42)38-27-28-39-37-17-8-10-20-43(37)57-48(39)47(38)55/h1-8,10-14,16-18,20-24,26-30,33-34,38,45-47,50H,9,15,19,25H2,(H,52,53,54)/t33-,34?,38?,45?,46?,47?,50?/m1/s1. The molecule has 6 unspecified atom stereocenters. The van der Waals surface area contributed by atoms with E-state index in [9.17, 15) is 0 Å². The Hall–Kier alpha value is -6.40. The molecule has 1 N–H and O–H groups in total. The van der Waals surface area contributed by atoms with E-state index in [0.717, 1.165) is 60.0 Å². The lowest BCUT2D eigenvalue weighted by Crippen LogP contribution is -2.45. The monoisotopic (exact) mass is 742 g/mol. The van der Waals surface area contributed by atoms with E-state index in [1.807, 2.05) is 0 Å². The van der Waals surface area contributed by atoms with Gasteiger partial charge in [0.25, 0.3) is 0 Å². The highest BCUT2D eigenvalue weighted by Crippen LogP contribution is 2.56. The van der Waals surface area contributed by atoms with Crippen LogP contribution >= 0.6 is 0 Å². The second-order valence-corrected chi connectivity index (χ2v) is 16.2. The fraction of sp³-hybridized carbons (Fsp3) is 0.216. The lowest BCUT2D eigenvalue weighted by atomic mass is 9.83. The van der Waals surface area contributed by atoms with E-state index in [-0.39, 0.29) is 42.0 Å². The third-order valence-corrected chi connectivity index (χ3v) is 13.0. The van der Waals surface area contributed by atoms with Crippen molar-refractivity contribution in [2.24, 2.45) is 27.7 Å². The molecule has 7 atom stereocenters. The molecule has 0 saturated carbocycles. The number of amidine groups is 2. The van der Waals surface area contributed by atoms with Crippen molar-refractivity contribution in [2.75, 3.05) is 4.90 Å². The Morgan fingerprint density at radius 3 is 2.65 bits per heavy atom. The van der Waals surface area contributed by atoms with Crippen molar-refractivity contribution in [3.63, 3.8) is 0 Å². The number of ether oxygens (including phenoxy) is 1. The minimum Gasteiger partial charge on any atom is -0.485 e. The summed E-state index contributed by atoms with van der Waals surface area (Å²) < 4.78 is 13.5. The van der Waals surface area contributed by atoms with Crippen molar-refractivity contribution < 1.29 is 9.15 Å². The first-order valence-corrected chi connectivity index (χ1v) is 20.5. The molecule has 0 spiro atoms. The zero-order valence-corrected chi connectivity index (χ0v) is 31.5. The molecule has 4 aromatic rings. The number of rotatable bonds is 5. The van der Waals surface area contributed by atoms with Gasteiger partial charge >= 0.3 is 0 Å². The first-order chi connectivity index (χ1) is 28.2. The maximum Gasteiger partial charge on any atom is 0.136 e. The highest BCUT2D eigenvalue weighted by Gasteiger charge is 2.47. The lowest BCUT2D eigenvalue weighted by molar-refractivity contribution is 0.266. The summed E-state index contributed by atoms with van der Waals surface area (Å²) >= 11 is 0. The van der Waals surface area contributed by atoms with E-state index in [1.54, 1.807) is 0 Å². The van der Waals surface area contributed by atoms with E-state index >= 15 is 0 Å². The van der Waals surface area contributed by atoms with Crippen molar-refractivity contribution in [1.82, 2.24) is 5.32 Å². The molecule has 0 bridgehead atoms. The Morgan fingerprint density at radius 2 is 1.75 bits per heavy atom. The van der Waals surface area contributed by atoms with Gasteiger partial charge in [-0.3, -0.25) is 0 Å². The minimum absolute atomic E-state index is 0.0180. The van der Waals surface area contributed by atoms with E-state index < -0.39 is 0 Å². The lowest BCUT2D eigenvalue weighted by Gasteiger charge is -2.34. The van der Waals surface area contributed by atoms with Gasteiger partial charge in [-0.15, -0.1) is 0 Å². The maximum absolute atomic E-state index is 6.75. The Kier molecular flexibility index (Phi) is 7.53. The topological polar surface area (TPSA) is 62.4 Å². The number of hydrogen-bond donors (Lipinski definition) is 1. The first-order valence-electron chi connectivity index (χ1n) is 20.5. The van der Waals surface area contributed by atoms with Crippen molar-refractivity contribution in [3.05, 3.63) is 191 Å². The van der Waals surface area contributed by atoms with Crippen LogP contribution in [0.1, 0.15) is 60.1 Å². The summed E-state index contributed by atoms with van der Waals surface area (Å²) in [4.78, 5) is 13.3. The van der Waals surface area contributed by atoms with Gasteiger partial charge in [0.15, 0.2) is 0 Å². The number of furan rings is 1. The number of anilines is 1. The zero-order chi connectivity index (χ0) is 37.5. The number of aliphatic imine (C=N–C) groups is 2. The molecular formula is C51H42N4O2. The Morgan fingerprint density at radius 1 is 0.825 bits per heavy atom. The number of hydrogen-bond acceptors (Lipinski definition) is 6. The van der Waals surface area contributed by atoms with E-state index in [2.05, 4.69) is 168 Å². The van der Waals surface area contributed by atoms with Crippen molar-refractivity contribution in [3.8, 4) is 5.75 Å².